The van der Waals surface area contributed by atoms with Crippen molar-refractivity contribution < 1.29 is 9.53 Å². The maximum atomic E-state index is 12.0. The number of amides is 1. The van der Waals surface area contributed by atoms with Gasteiger partial charge in [-0.25, -0.2) is 0 Å². The summed E-state index contributed by atoms with van der Waals surface area (Å²) in [5.41, 5.74) is 2.80. The molecule has 22 heavy (non-hydrogen) atoms. The first-order chi connectivity index (χ1) is 10.5. The topological polar surface area (TPSA) is 38.3 Å². The molecule has 0 radical (unpaired) electrons. The smallest absolute Gasteiger partial charge is 0.252 e. The molecule has 116 valence electrons. The Morgan fingerprint density at radius 1 is 1.09 bits per heavy atom. The number of benzene rings is 2. The molecule has 1 N–H and O–H groups in total. The van der Waals surface area contributed by atoms with E-state index in [9.17, 15) is 4.79 Å². The Morgan fingerprint density at radius 3 is 2.55 bits per heavy atom. The average molecular weight is 338 g/mol. The summed E-state index contributed by atoms with van der Waals surface area (Å²) >= 11 is 11.8. The summed E-state index contributed by atoms with van der Waals surface area (Å²) in [6.07, 6.45) is 0. The summed E-state index contributed by atoms with van der Waals surface area (Å²) in [6, 6.07) is 10.7. The van der Waals surface area contributed by atoms with Gasteiger partial charge in [0.1, 0.15) is 12.4 Å². The number of aryl methyl sites for hydroxylation is 2. The molecule has 0 spiro atoms. The van der Waals surface area contributed by atoms with Crippen LogP contribution in [0.2, 0.25) is 10.0 Å². The first kappa shape index (κ1) is 16.7. The zero-order valence-electron chi connectivity index (χ0n) is 12.5. The zero-order valence-corrected chi connectivity index (χ0v) is 14.0. The maximum absolute atomic E-state index is 12.0. The first-order valence-corrected chi connectivity index (χ1v) is 7.66. The van der Waals surface area contributed by atoms with Crippen LogP contribution in [0.1, 0.15) is 21.5 Å². The van der Waals surface area contributed by atoms with Gasteiger partial charge in [0.05, 0.1) is 17.1 Å². The number of halogens is 2. The van der Waals surface area contributed by atoms with Crippen molar-refractivity contribution in [3.8, 4) is 5.75 Å². The third-order valence-electron chi connectivity index (χ3n) is 3.31. The lowest BCUT2D eigenvalue weighted by molar-refractivity contribution is 0.0947. The SMILES string of the molecule is Cc1ccc(OCCNC(=O)c2ccc(Cl)cc2Cl)cc1C. The molecule has 0 saturated heterocycles. The lowest BCUT2D eigenvalue weighted by atomic mass is 10.1. The van der Waals surface area contributed by atoms with Gasteiger partial charge >= 0.3 is 0 Å². The van der Waals surface area contributed by atoms with Crippen molar-refractivity contribution in [2.24, 2.45) is 0 Å². The number of carbonyl (C=O) groups is 1. The number of nitrogens with one attached hydrogen (secondary N) is 1. The molecule has 0 atom stereocenters. The number of hydrogen-bond acceptors (Lipinski definition) is 2. The van der Waals surface area contributed by atoms with Crippen molar-refractivity contribution in [1.29, 1.82) is 0 Å². The Morgan fingerprint density at radius 2 is 1.86 bits per heavy atom. The van der Waals surface area contributed by atoms with Crippen molar-refractivity contribution >= 4 is 29.1 Å². The van der Waals surface area contributed by atoms with Crippen LogP contribution < -0.4 is 10.1 Å². The fourth-order valence-electron chi connectivity index (χ4n) is 1.91. The molecule has 0 heterocycles. The second-order valence-corrected chi connectivity index (χ2v) is 5.82. The highest BCUT2D eigenvalue weighted by Gasteiger charge is 2.10. The molecule has 5 heteroatoms. The minimum Gasteiger partial charge on any atom is -0.492 e. The molecule has 2 aromatic rings. The van der Waals surface area contributed by atoms with Crippen LogP contribution in [0.5, 0.6) is 5.75 Å². The van der Waals surface area contributed by atoms with E-state index in [1.807, 2.05) is 25.1 Å². The van der Waals surface area contributed by atoms with E-state index in [4.69, 9.17) is 27.9 Å². The molecule has 0 saturated carbocycles. The lowest BCUT2D eigenvalue weighted by Crippen LogP contribution is -2.28. The van der Waals surface area contributed by atoms with Gasteiger partial charge in [0.25, 0.3) is 5.91 Å². The molecular weight excluding hydrogens is 321 g/mol. The molecule has 2 rings (SSSR count). The van der Waals surface area contributed by atoms with Gasteiger partial charge in [0.2, 0.25) is 0 Å². The molecule has 0 aliphatic carbocycles. The van der Waals surface area contributed by atoms with E-state index < -0.39 is 0 Å². The standard InChI is InChI=1S/C17H17Cl2NO2/c1-11-3-5-14(9-12(11)2)22-8-7-20-17(21)15-6-4-13(18)10-16(15)19/h3-6,9-10H,7-8H2,1-2H3,(H,20,21). The summed E-state index contributed by atoms with van der Waals surface area (Å²) in [5.74, 6) is 0.548. The van der Waals surface area contributed by atoms with Gasteiger partial charge in [-0.1, -0.05) is 29.3 Å². The van der Waals surface area contributed by atoms with E-state index in [1.165, 1.54) is 11.1 Å². The second kappa shape index (κ2) is 7.52. The van der Waals surface area contributed by atoms with Gasteiger partial charge in [-0.15, -0.1) is 0 Å². The minimum atomic E-state index is -0.245. The predicted molar refractivity (Wildman–Crippen MR) is 90.2 cm³/mol. The molecule has 0 unspecified atom stereocenters. The van der Waals surface area contributed by atoms with Crippen LogP contribution in [-0.2, 0) is 0 Å². The van der Waals surface area contributed by atoms with E-state index in [2.05, 4.69) is 12.2 Å². The third kappa shape index (κ3) is 4.39. The first-order valence-electron chi connectivity index (χ1n) is 6.90. The van der Waals surface area contributed by atoms with Crippen LogP contribution in [0.15, 0.2) is 36.4 Å². The molecule has 0 aromatic heterocycles. The van der Waals surface area contributed by atoms with E-state index in [1.54, 1.807) is 18.2 Å². The summed E-state index contributed by atoms with van der Waals surface area (Å²) < 4.78 is 5.61. The van der Waals surface area contributed by atoms with Crippen molar-refractivity contribution in [3.63, 3.8) is 0 Å². The molecule has 3 nitrogen and oxygen atoms in total. The summed E-state index contributed by atoms with van der Waals surface area (Å²) in [7, 11) is 0. The third-order valence-corrected chi connectivity index (χ3v) is 3.86. The summed E-state index contributed by atoms with van der Waals surface area (Å²) in [6.45, 7) is 4.87. The molecule has 0 aliphatic heterocycles. The Balaban J connectivity index is 1.83. The van der Waals surface area contributed by atoms with Crippen molar-refractivity contribution in [3.05, 3.63) is 63.1 Å². The molecule has 2 aromatic carbocycles. The van der Waals surface area contributed by atoms with Gasteiger partial charge in [-0.3, -0.25) is 4.79 Å². The predicted octanol–water partition coefficient (Wildman–Crippen LogP) is 4.42. The van der Waals surface area contributed by atoms with Crippen LogP contribution >= 0.6 is 23.2 Å². The summed E-state index contributed by atoms with van der Waals surface area (Å²) in [4.78, 5) is 12.0. The van der Waals surface area contributed by atoms with Gasteiger partial charge in [0.15, 0.2) is 0 Å². The zero-order chi connectivity index (χ0) is 16.1. The highest BCUT2D eigenvalue weighted by atomic mass is 35.5. The fourth-order valence-corrected chi connectivity index (χ4v) is 2.40. The Bertz CT molecular complexity index is 686. The lowest BCUT2D eigenvalue weighted by Gasteiger charge is -2.10. The molecule has 0 bridgehead atoms. The van der Waals surface area contributed by atoms with Crippen molar-refractivity contribution in [2.45, 2.75) is 13.8 Å². The molecule has 0 fully saturated rings. The largest absolute Gasteiger partial charge is 0.492 e. The molecule has 0 aliphatic rings. The number of ether oxygens (including phenoxy) is 1. The van der Waals surface area contributed by atoms with Crippen LogP contribution in [0, 0.1) is 13.8 Å². The Hall–Kier alpha value is -1.71. The van der Waals surface area contributed by atoms with Gasteiger partial charge in [-0.2, -0.15) is 0 Å². The van der Waals surface area contributed by atoms with Crippen molar-refractivity contribution in [1.82, 2.24) is 5.32 Å². The minimum absolute atomic E-state index is 0.245. The second-order valence-electron chi connectivity index (χ2n) is 4.97. The molecule has 1 amide bonds. The highest BCUT2D eigenvalue weighted by molar-refractivity contribution is 6.36. The number of carbonyl (C=O) groups excluding carboxylic acids is 1. The van der Waals surface area contributed by atoms with Gasteiger partial charge in [-0.05, 0) is 55.3 Å². The Labute approximate surface area is 140 Å². The van der Waals surface area contributed by atoms with E-state index in [0.29, 0.717) is 28.8 Å². The van der Waals surface area contributed by atoms with E-state index in [0.717, 1.165) is 5.75 Å². The monoisotopic (exact) mass is 337 g/mol. The van der Waals surface area contributed by atoms with Crippen molar-refractivity contribution in [2.75, 3.05) is 13.2 Å². The number of hydrogen-bond donors (Lipinski definition) is 1. The van der Waals surface area contributed by atoms with E-state index in [-0.39, 0.29) is 5.91 Å². The van der Waals surface area contributed by atoms with Gasteiger partial charge in [0, 0.05) is 5.02 Å². The maximum Gasteiger partial charge on any atom is 0.252 e. The van der Waals surface area contributed by atoms with Crippen LogP contribution in [0.25, 0.3) is 0 Å². The van der Waals surface area contributed by atoms with E-state index >= 15 is 0 Å². The highest BCUT2D eigenvalue weighted by Crippen LogP contribution is 2.20. The Kier molecular flexibility index (Phi) is 5.69. The fraction of sp³-hybridized carbons (Fsp3) is 0.235. The van der Waals surface area contributed by atoms with Gasteiger partial charge < -0.3 is 10.1 Å². The number of rotatable bonds is 5. The summed E-state index contributed by atoms with van der Waals surface area (Å²) in [5, 5.41) is 3.60. The quantitative estimate of drug-likeness (QED) is 0.820. The van der Waals surface area contributed by atoms with Crippen LogP contribution in [0.4, 0.5) is 0 Å². The molecular formula is C17H17Cl2NO2. The van der Waals surface area contributed by atoms with Crippen LogP contribution in [-0.4, -0.2) is 19.1 Å². The normalized spacial score (nSPS) is 10.4. The van der Waals surface area contributed by atoms with Crippen LogP contribution in [0.3, 0.4) is 0 Å². The average Bonchev–Trinajstić information content (AvgIpc) is 2.47.